The lowest BCUT2D eigenvalue weighted by Gasteiger charge is -2.16. The molecule has 0 spiro atoms. The smallest absolute Gasteiger partial charge is 0.435 e. The second-order valence-corrected chi connectivity index (χ2v) is 6.67. The third kappa shape index (κ3) is 5.03. The molecule has 1 aliphatic rings. The van der Waals surface area contributed by atoms with Crippen molar-refractivity contribution in [2.24, 2.45) is 0 Å². The minimum atomic E-state index is -0.534. The summed E-state index contributed by atoms with van der Waals surface area (Å²) >= 11 is 16.5. The molecule has 0 unspecified atom stereocenters. The fourth-order valence-electron chi connectivity index (χ4n) is 2.58. The van der Waals surface area contributed by atoms with Gasteiger partial charge in [-0.25, -0.2) is 24.7 Å². The standard InChI is InChI=1S/C12H13ClN6O2.C4H2Cl2N2/c1-2-21-12(20)19-8-6-18(5-7(8)10(14)17-19)9-3-4-15-11(13)16-9;5-3-1-2-7-4(6)8-3/h3-4H,2,5-6H2,1H3,(H2,14,17);1-2H. The van der Waals surface area contributed by atoms with Crippen molar-refractivity contribution in [1.29, 1.82) is 0 Å². The van der Waals surface area contributed by atoms with E-state index >= 15 is 0 Å². The van der Waals surface area contributed by atoms with Crippen molar-refractivity contribution in [3.05, 3.63) is 51.5 Å². The monoisotopic (exact) mass is 456 g/mol. The van der Waals surface area contributed by atoms with E-state index < -0.39 is 6.09 Å². The molecule has 0 aromatic carbocycles. The average Bonchev–Trinajstić information content (AvgIpc) is 3.23. The molecule has 152 valence electrons. The number of hydrogen-bond donors (Lipinski definition) is 1. The summed E-state index contributed by atoms with van der Waals surface area (Å²) in [6.07, 6.45) is 2.54. The Hall–Kier alpha value is -2.69. The summed E-state index contributed by atoms with van der Waals surface area (Å²) in [6.45, 7) is 2.97. The Kier molecular flexibility index (Phi) is 6.68. The number of ether oxygens (including phenoxy) is 1. The van der Waals surface area contributed by atoms with Crippen molar-refractivity contribution in [3.63, 3.8) is 0 Å². The molecule has 0 radical (unpaired) electrons. The molecule has 1 aliphatic heterocycles. The van der Waals surface area contributed by atoms with E-state index in [1.54, 1.807) is 25.3 Å². The Balaban J connectivity index is 0.000000252. The first kappa shape index (κ1) is 21.0. The van der Waals surface area contributed by atoms with Crippen LogP contribution in [0.15, 0.2) is 24.5 Å². The lowest BCUT2D eigenvalue weighted by molar-refractivity contribution is 0.149. The summed E-state index contributed by atoms with van der Waals surface area (Å²) < 4.78 is 6.17. The van der Waals surface area contributed by atoms with Crippen LogP contribution in [0.3, 0.4) is 0 Å². The molecule has 10 nitrogen and oxygen atoms in total. The van der Waals surface area contributed by atoms with E-state index in [4.69, 9.17) is 45.3 Å². The van der Waals surface area contributed by atoms with Crippen LogP contribution in [0.25, 0.3) is 0 Å². The molecule has 4 rings (SSSR count). The van der Waals surface area contributed by atoms with Gasteiger partial charge in [0.25, 0.3) is 0 Å². The molecule has 0 atom stereocenters. The van der Waals surface area contributed by atoms with Gasteiger partial charge in [-0.3, -0.25) is 0 Å². The van der Waals surface area contributed by atoms with Crippen LogP contribution in [-0.2, 0) is 17.8 Å². The van der Waals surface area contributed by atoms with Crippen molar-refractivity contribution < 1.29 is 9.53 Å². The van der Waals surface area contributed by atoms with Gasteiger partial charge in [-0.2, -0.15) is 4.68 Å². The van der Waals surface area contributed by atoms with Gasteiger partial charge in [0.15, 0.2) is 5.82 Å². The van der Waals surface area contributed by atoms with Crippen LogP contribution in [0.2, 0.25) is 15.7 Å². The highest BCUT2D eigenvalue weighted by Gasteiger charge is 2.30. The highest BCUT2D eigenvalue weighted by molar-refractivity contribution is 6.31. The van der Waals surface area contributed by atoms with E-state index in [1.165, 1.54) is 10.9 Å². The number of nitrogens with zero attached hydrogens (tertiary/aromatic N) is 7. The van der Waals surface area contributed by atoms with E-state index in [9.17, 15) is 4.79 Å². The van der Waals surface area contributed by atoms with Gasteiger partial charge in [0.05, 0.1) is 25.4 Å². The largest absolute Gasteiger partial charge is 0.448 e. The maximum Gasteiger partial charge on any atom is 0.435 e. The third-order valence-electron chi connectivity index (χ3n) is 3.78. The number of halogens is 3. The SMILES string of the molecule is CCOC(=O)n1nc(N)c2c1CN(c1ccnc(Cl)n1)C2.Clc1ccnc(Cl)n1. The molecule has 0 saturated heterocycles. The predicted octanol–water partition coefficient (Wildman–Crippen LogP) is 3.22. The van der Waals surface area contributed by atoms with Crippen molar-refractivity contribution >= 4 is 52.5 Å². The highest BCUT2D eigenvalue weighted by atomic mass is 35.5. The summed E-state index contributed by atoms with van der Waals surface area (Å²) in [5, 5.41) is 4.74. The number of fused-ring (bicyclic) bond motifs is 1. The summed E-state index contributed by atoms with van der Waals surface area (Å²) in [7, 11) is 0. The number of hydrogen-bond acceptors (Lipinski definition) is 9. The maximum atomic E-state index is 11.9. The van der Waals surface area contributed by atoms with Gasteiger partial charge < -0.3 is 15.4 Å². The Morgan fingerprint density at radius 3 is 2.41 bits per heavy atom. The lowest BCUT2D eigenvalue weighted by atomic mass is 10.3. The van der Waals surface area contributed by atoms with E-state index in [0.29, 0.717) is 35.6 Å². The molecule has 0 fully saturated rings. The van der Waals surface area contributed by atoms with Crippen LogP contribution in [0.4, 0.5) is 16.4 Å². The summed E-state index contributed by atoms with van der Waals surface area (Å²) in [4.78, 5) is 29.0. The third-order valence-corrected chi connectivity index (χ3v) is 4.35. The van der Waals surface area contributed by atoms with Gasteiger partial charge in [-0.15, -0.1) is 5.10 Å². The van der Waals surface area contributed by atoms with Gasteiger partial charge in [0, 0.05) is 18.0 Å². The van der Waals surface area contributed by atoms with E-state index in [-0.39, 0.29) is 17.2 Å². The molecule has 0 amide bonds. The minimum absolute atomic E-state index is 0.170. The van der Waals surface area contributed by atoms with Crippen molar-refractivity contribution in [3.8, 4) is 0 Å². The maximum absolute atomic E-state index is 11.9. The number of carbonyl (C=O) groups is 1. The number of anilines is 2. The molecule has 13 heteroatoms. The molecular weight excluding hydrogens is 443 g/mol. The summed E-state index contributed by atoms with van der Waals surface area (Å²) in [5.41, 5.74) is 7.38. The molecule has 0 bridgehead atoms. The molecule has 3 aromatic rings. The van der Waals surface area contributed by atoms with Crippen LogP contribution >= 0.6 is 34.8 Å². The van der Waals surface area contributed by atoms with Crippen LogP contribution < -0.4 is 10.6 Å². The quantitative estimate of drug-likeness (QED) is 0.456. The van der Waals surface area contributed by atoms with Crippen LogP contribution in [0, 0.1) is 0 Å². The van der Waals surface area contributed by atoms with Crippen LogP contribution in [-0.4, -0.2) is 42.4 Å². The van der Waals surface area contributed by atoms with Crippen LogP contribution in [0.5, 0.6) is 0 Å². The number of carbonyl (C=O) groups excluding carboxylic acids is 1. The van der Waals surface area contributed by atoms with Crippen LogP contribution in [0.1, 0.15) is 18.2 Å². The van der Waals surface area contributed by atoms with E-state index in [0.717, 1.165) is 5.56 Å². The Morgan fingerprint density at radius 1 is 1.14 bits per heavy atom. The normalized spacial score (nSPS) is 12.2. The van der Waals surface area contributed by atoms with E-state index in [1.807, 2.05) is 4.90 Å². The fraction of sp³-hybridized carbons (Fsp3) is 0.250. The number of rotatable bonds is 2. The summed E-state index contributed by atoms with van der Waals surface area (Å²) in [5.74, 6) is 0.988. The lowest BCUT2D eigenvalue weighted by Crippen LogP contribution is -2.22. The first-order chi connectivity index (χ1) is 13.9. The average molecular weight is 458 g/mol. The predicted molar refractivity (Wildman–Crippen MR) is 108 cm³/mol. The Bertz CT molecular complexity index is 1010. The van der Waals surface area contributed by atoms with Gasteiger partial charge >= 0.3 is 6.09 Å². The number of nitrogen functional groups attached to an aromatic ring is 1. The molecule has 0 aliphatic carbocycles. The highest BCUT2D eigenvalue weighted by Crippen LogP contribution is 2.30. The van der Waals surface area contributed by atoms with Crippen molar-refractivity contribution in [2.45, 2.75) is 20.0 Å². The second-order valence-electron chi connectivity index (χ2n) is 5.61. The second kappa shape index (κ2) is 9.21. The van der Waals surface area contributed by atoms with Gasteiger partial charge in [-0.1, -0.05) is 11.6 Å². The van der Waals surface area contributed by atoms with Crippen molar-refractivity contribution in [1.82, 2.24) is 29.7 Å². The zero-order valence-corrected chi connectivity index (χ0v) is 17.4. The minimum Gasteiger partial charge on any atom is -0.448 e. The Morgan fingerprint density at radius 2 is 1.83 bits per heavy atom. The number of aromatic nitrogens is 6. The van der Waals surface area contributed by atoms with Gasteiger partial charge in [0.1, 0.15) is 11.0 Å². The Labute approximate surface area is 180 Å². The topological polar surface area (TPSA) is 125 Å². The van der Waals surface area contributed by atoms with E-state index in [2.05, 4.69) is 25.0 Å². The first-order valence-corrected chi connectivity index (χ1v) is 9.43. The molecule has 29 heavy (non-hydrogen) atoms. The van der Waals surface area contributed by atoms with Crippen molar-refractivity contribution in [2.75, 3.05) is 17.2 Å². The molecular formula is C16H15Cl3N8O2. The van der Waals surface area contributed by atoms with Gasteiger partial charge in [-0.05, 0) is 42.3 Å². The number of nitrogens with two attached hydrogens (primary N) is 1. The molecule has 4 heterocycles. The zero-order chi connectivity index (χ0) is 21.0. The molecule has 3 aromatic heterocycles. The summed E-state index contributed by atoms with van der Waals surface area (Å²) in [6, 6.07) is 3.31. The molecule has 2 N–H and O–H groups in total. The first-order valence-electron chi connectivity index (χ1n) is 8.30. The fourth-order valence-corrected chi connectivity index (χ4v) is 3.05. The molecule has 0 saturated carbocycles. The zero-order valence-electron chi connectivity index (χ0n) is 15.1. The van der Waals surface area contributed by atoms with Gasteiger partial charge in [0.2, 0.25) is 10.6 Å².